The van der Waals surface area contributed by atoms with Gasteiger partial charge in [-0.25, -0.2) is 4.98 Å². The predicted octanol–water partition coefficient (Wildman–Crippen LogP) is 3.89. The van der Waals surface area contributed by atoms with Crippen LogP contribution in [0.5, 0.6) is 0 Å². The van der Waals surface area contributed by atoms with Crippen molar-refractivity contribution in [3.05, 3.63) is 78.1 Å². The Balaban J connectivity index is 1.35. The van der Waals surface area contributed by atoms with Gasteiger partial charge < -0.3 is 10.6 Å². The summed E-state index contributed by atoms with van der Waals surface area (Å²) in [6, 6.07) is 18.0. The molecule has 0 spiro atoms. The lowest BCUT2D eigenvalue weighted by molar-refractivity contribution is 0.0935. The van der Waals surface area contributed by atoms with Crippen molar-refractivity contribution in [3.8, 4) is 5.69 Å². The third kappa shape index (κ3) is 3.99. The van der Waals surface area contributed by atoms with Crippen molar-refractivity contribution in [2.45, 2.75) is 38.3 Å². The molecule has 1 aliphatic carbocycles. The Bertz CT molecular complexity index is 1220. The number of benzene rings is 2. The van der Waals surface area contributed by atoms with Crippen LogP contribution in [0, 0.1) is 6.92 Å². The maximum absolute atomic E-state index is 13.2. The average molecular weight is 412 g/mol. The lowest BCUT2D eigenvalue weighted by atomic mass is 10.1. The van der Waals surface area contributed by atoms with Crippen molar-refractivity contribution in [1.82, 2.24) is 25.3 Å². The Labute approximate surface area is 180 Å². The monoisotopic (exact) mass is 412 g/mol. The number of hydrogen-bond acceptors (Lipinski definition) is 5. The van der Waals surface area contributed by atoms with Crippen molar-refractivity contribution in [1.29, 1.82) is 0 Å². The van der Waals surface area contributed by atoms with Crippen molar-refractivity contribution >= 4 is 22.6 Å². The number of fused-ring (bicyclic) bond motifs is 1. The molecule has 2 aromatic heterocycles. The zero-order valence-corrected chi connectivity index (χ0v) is 17.3. The van der Waals surface area contributed by atoms with Crippen LogP contribution in [0.2, 0.25) is 0 Å². The SMILES string of the molecule is Cc1ccc(-n2nccn2)c(C(=O)NC2CCCC2Nc2ccc3ccccc3n2)c1. The Hall–Kier alpha value is -3.74. The summed E-state index contributed by atoms with van der Waals surface area (Å²) in [6.07, 6.45) is 6.18. The summed E-state index contributed by atoms with van der Waals surface area (Å²) >= 11 is 0. The van der Waals surface area contributed by atoms with Gasteiger partial charge in [-0.15, -0.1) is 0 Å². The number of rotatable bonds is 5. The molecule has 1 saturated carbocycles. The van der Waals surface area contributed by atoms with Gasteiger partial charge in [0, 0.05) is 17.5 Å². The second-order valence-electron chi connectivity index (χ2n) is 7.99. The van der Waals surface area contributed by atoms with Crippen LogP contribution < -0.4 is 10.6 Å². The quantitative estimate of drug-likeness (QED) is 0.520. The van der Waals surface area contributed by atoms with Crippen LogP contribution in [0.3, 0.4) is 0 Å². The van der Waals surface area contributed by atoms with E-state index in [2.05, 4.69) is 33.0 Å². The third-order valence-corrected chi connectivity index (χ3v) is 5.80. The summed E-state index contributed by atoms with van der Waals surface area (Å²) in [5.74, 6) is 0.725. The Morgan fingerprint density at radius 3 is 2.68 bits per heavy atom. The molecule has 2 heterocycles. The molecule has 2 aromatic carbocycles. The van der Waals surface area contributed by atoms with Crippen LogP contribution in [0.4, 0.5) is 5.82 Å². The predicted molar refractivity (Wildman–Crippen MR) is 120 cm³/mol. The highest BCUT2D eigenvalue weighted by Crippen LogP contribution is 2.25. The highest BCUT2D eigenvalue weighted by Gasteiger charge is 2.30. The van der Waals surface area contributed by atoms with E-state index in [1.54, 1.807) is 12.4 Å². The van der Waals surface area contributed by atoms with E-state index in [-0.39, 0.29) is 18.0 Å². The molecule has 7 heteroatoms. The summed E-state index contributed by atoms with van der Waals surface area (Å²) in [7, 11) is 0. The fraction of sp³-hybridized carbons (Fsp3) is 0.250. The van der Waals surface area contributed by atoms with E-state index in [4.69, 9.17) is 4.98 Å². The van der Waals surface area contributed by atoms with Gasteiger partial charge in [0.05, 0.1) is 29.2 Å². The zero-order valence-electron chi connectivity index (χ0n) is 17.3. The summed E-state index contributed by atoms with van der Waals surface area (Å²) in [6.45, 7) is 1.97. The topological polar surface area (TPSA) is 84.7 Å². The molecule has 4 aromatic rings. The minimum atomic E-state index is -0.110. The van der Waals surface area contributed by atoms with E-state index in [0.717, 1.165) is 41.5 Å². The fourth-order valence-electron chi connectivity index (χ4n) is 4.23. The minimum absolute atomic E-state index is 0.0275. The zero-order chi connectivity index (χ0) is 21.2. The van der Waals surface area contributed by atoms with Gasteiger partial charge in [-0.05, 0) is 56.5 Å². The number of anilines is 1. The molecular weight excluding hydrogens is 388 g/mol. The van der Waals surface area contributed by atoms with Crippen molar-refractivity contribution < 1.29 is 4.79 Å². The average Bonchev–Trinajstić information content (AvgIpc) is 3.46. The van der Waals surface area contributed by atoms with E-state index in [1.807, 2.05) is 49.4 Å². The number of pyridine rings is 1. The Kier molecular flexibility index (Phi) is 5.08. The first-order chi connectivity index (χ1) is 15.2. The number of hydrogen-bond donors (Lipinski definition) is 2. The second-order valence-corrected chi connectivity index (χ2v) is 7.99. The molecule has 5 rings (SSSR count). The van der Waals surface area contributed by atoms with Crippen molar-refractivity contribution in [2.75, 3.05) is 5.32 Å². The third-order valence-electron chi connectivity index (χ3n) is 5.80. The van der Waals surface area contributed by atoms with E-state index in [1.165, 1.54) is 4.80 Å². The highest BCUT2D eigenvalue weighted by molar-refractivity contribution is 5.98. The van der Waals surface area contributed by atoms with Crippen molar-refractivity contribution in [2.24, 2.45) is 0 Å². The second kappa shape index (κ2) is 8.18. The first-order valence-corrected chi connectivity index (χ1v) is 10.6. The molecule has 0 saturated heterocycles. The molecule has 1 aliphatic rings. The minimum Gasteiger partial charge on any atom is -0.365 e. The molecule has 2 unspecified atom stereocenters. The Morgan fingerprint density at radius 2 is 1.81 bits per heavy atom. The van der Waals surface area contributed by atoms with Gasteiger partial charge in [0.15, 0.2) is 0 Å². The fourth-order valence-corrected chi connectivity index (χ4v) is 4.23. The van der Waals surface area contributed by atoms with Crippen LogP contribution >= 0.6 is 0 Å². The van der Waals surface area contributed by atoms with Crippen LogP contribution in [0.1, 0.15) is 35.2 Å². The number of nitrogens with one attached hydrogen (secondary N) is 2. The maximum Gasteiger partial charge on any atom is 0.253 e. The van der Waals surface area contributed by atoms with Gasteiger partial charge in [-0.2, -0.15) is 15.0 Å². The molecule has 0 aliphatic heterocycles. The molecule has 7 nitrogen and oxygen atoms in total. The van der Waals surface area contributed by atoms with Gasteiger partial charge in [0.25, 0.3) is 5.91 Å². The number of aryl methyl sites for hydroxylation is 1. The van der Waals surface area contributed by atoms with Crippen LogP contribution in [-0.4, -0.2) is 38.0 Å². The molecule has 1 fully saturated rings. The number of aromatic nitrogens is 4. The largest absolute Gasteiger partial charge is 0.365 e. The molecular formula is C24H24N6O. The Morgan fingerprint density at radius 1 is 1.00 bits per heavy atom. The molecule has 31 heavy (non-hydrogen) atoms. The highest BCUT2D eigenvalue weighted by atomic mass is 16.1. The first kappa shape index (κ1) is 19.2. The summed E-state index contributed by atoms with van der Waals surface area (Å²) < 4.78 is 0. The summed E-state index contributed by atoms with van der Waals surface area (Å²) in [4.78, 5) is 19.4. The first-order valence-electron chi connectivity index (χ1n) is 10.6. The van der Waals surface area contributed by atoms with Gasteiger partial charge in [0.2, 0.25) is 0 Å². The number of carbonyl (C=O) groups is 1. The molecule has 1 amide bonds. The standard InChI is InChI=1S/C24H24N6O/c1-16-9-11-22(30-25-13-14-26-30)18(15-16)24(31)29-21-8-4-7-20(21)28-23-12-10-17-5-2-3-6-19(17)27-23/h2-3,5-6,9-15,20-21H,4,7-8H2,1H3,(H,27,28)(H,29,31). The molecule has 2 atom stereocenters. The molecule has 0 radical (unpaired) electrons. The van der Waals surface area contributed by atoms with Gasteiger partial charge >= 0.3 is 0 Å². The normalized spacial score (nSPS) is 18.2. The lowest BCUT2D eigenvalue weighted by Crippen LogP contribution is -2.43. The summed E-state index contributed by atoms with van der Waals surface area (Å²) in [5.41, 5.74) is 3.22. The van der Waals surface area contributed by atoms with E-state index in [9.17, 15) is 4.79 Å². The van der Waals surface area contributed by atoms with Crippen LogP contribution in [0.15, 0.2) is 67.0 Å². The maximum atomic E-state index is 13.2. The molecule has 156 valence electrons. The van der Waals surface area contributed by atoms with Crippen LogP contribution in [0.25, 0.3) is 16.6 Å². The van der Waals surface area contributed by atoms with Gasteiger partial charge in [-0.1, -0.05) is 29.8 Å². The van der Waals surface area contributed by atoms with Gasteiger partial charge in [0.1, 0.15) is 5.82 Å². The smallest absolute Gasteiger partial charge is 0.253 e. The van der Waals surface area contributed by atoms with E-state index in [0.29, 0.717) is 11.3 Å². The molecule has 0 bridgehead atoms. The van der Waals surface area contributed by atoms with Crippen molar-refractivity contribution in [3.63, 3.8) is 0 Å². The van der Waals surface area contributed by atoms with Gasteiger partial charge in [-0.3, -0.25) is 4.79 Å². The molecule has 2 N–H and O–H groups in total. The van der Waals surface area contributed by atoms with E-state index < -0.39 is 0 Å². The van der Waals surface area contributed by atoms with E-state index >= 15 is 0 Å². The van der Waals surface area contributed by atoms with Crippen LogP contribution in [-0.2, 0) is 0 Å². The number of nitrogens with zero attached hydrogens (tertiary/aromatic N) is 4. The number of amides is 1. The number of carbonyl (C=O) groups excluding carboxylic acids is 1. The number of para-hydroxylation sites is 1. The lowest BCUT2D eigenvalue weighted by Gasteiger charge is -2.23. The summed E-state index contributed by atoms with van der Waals surface area (Å²) in [5, 5.41) is 16.3.